The van der Waals surface area contributed by atoms with Crippen molar-refractivity contribution in [1.29, 1.82) is 0 Å². The maximum Gasteiger partial charge on any atom is 0.261 e. The van der Waals surface area contributed by atoms with Gasteiger partial charge >= 0.3 is 0 Å². The van der Waals surface area contributed by atoms with Gasteiger partial charge in [-0.2, -0.15) is 0 Å². The Labute approximate surface area is 188 Å². The Morgan fingerprint density at radius 3 is 2.38 bits per heavy atom. The van der Waals surface area contributed by atoms with E-state index < -0.39 is 31.2 Å². The smallest absolute Gasteiger partial charge is 0.261 e. The largest absolute Gasteiger partial charge is 0.492 e. The van der Waals surface area contributed by atoms with E-state index in [1.807, 2.05) is 0 Å². The molecule has 9 heteroatoms. The number of sulfone groups is 1. The van der Waals surface area contributed by atoms with E-state index >= 15 is 0 Å². The minimum Gasteiger partial charge on any atom is -0.492 e. The number of hydrogen-bond acceptors (Lipinski definition) is 6. The Kier molecular flexibility index (Phi) is 7.34. The van der Waals surface area contributed by atoms with E-state index in [0.29, 0.717) is 5.75 Å². The summed E-state index contributed by atoms with van der Waals surface area (Å²) < 4.78 is 59.6. The fraction of sp³-hybridized carbons (Fsp3) is 0.130. The molecule has 3 rings (SSSR count). The van der Waals surface area contributed by atoms with Gasteiger partial charge in [0.2, 0.25) is 0 Å². The quantitative estimate of drug-likeness (QED) is 0.439. The van der Waals surface area contributed by atoms with Crippen LogP contribution in [0.5, 0.6) is 5.75 Å². The lowest BCUT2D eigenvalue weighted by molar-refractivity contribution is 0.181. The van der Waals surface area contributed by atoms with Crippen LogP contribution in [0.25, 0.3) is 0 Å². The fourth-order valence-electron chi connectivity index (χ4n) is 2.89. The van der Waals surface area contributed by atoms with E-state index in [4.69, 9.17) is 4.74 Å². The molecule has 167 valence electrons. The van der Waals surface area contributed by atoms with Crippen LogP contribution in [0.15, 0.2) is 101 Å². The number of ether oxygens (including phenoxy) is 1. The first-order valence-corrected chi connectivity index (χ1v) is 12.6. The molecule has 0 bridgehead atoms. The first-order chi connectivity index (χ1) is 15.2. The van der Waals surface area contributed by atoms with Crippen LogP contribution in [0.2, 0.25) is 0 Å². The SMILES string of the molecule is C=C[C@@H](O)[C@@H](COc1c[c]ccc1)S(=O)(=O)c1cccc(NS(=O)(=O)c2ccccc2)c1. The van der Waals surface area contributed by atoms with Crippen LogP contribution in [0.4, 0.5) is 5.69 Å². The molecular formula is C23H22NO6S2. The van der Waals surface area contributed by atoms with Crippen LogP contribution in [0, 0.1) is 6.07 Å². The van der Waals surface area contributed by atoms with Crippen molar-refractivity contribution in [2.45, 2.75) is 21.1 Å². The van der Waals surface area contributed by atoms with E-state index in [-0.39, 0.29) is 22.1 Å². The second-order valence-corrected chi connectivity index (χ2v) is 10.7. The van der Waals surface area contributed by atoms with Crippen molar-refractivity contribution in [1.82, 2.24) is 0 Å². The van der Waals surface area contributed by atoms with Crippen molar-refractivity contribution in [3.05, 3.63) is 97.6 Å². The topological polar surface area (TPSA) is 110 Å². The van der Waals surface area contributed by atoms with Gasteiger partial charge in [-0.1, -0.05) is 42.5 Å². The zero-order valence-electron chi connectivity index (χ0n) is 17.0. The molecule has 3 aromatic rings. The Bertz CT molecular complexity index is 1260. The number of nitrogens with one attached hydrogen (secondary N) is 1. The van der Waals surface area contributed by atoms with E-state index in [0.717, 1.165) is 6.08 Å². The number of benzene rings is 3. The van der Waals surface area contributed by atoms with Crippen molar-refractivity contribution >= 4 is 25.5 Å². The second-order valence-electron chi connectivity index (χ2n) is 6.81. The van der Waals surface area contributed by atoms with Gasteiger partial charge in [-0.3, -0.25) is 4.72 Å². The molecule has 2 N–H and O–H groups in total. The number of sulfonamides is 1. The molecule has 0 heterocycles. The van der Waals surface area contributed by atoms with Crippen LogP contribution < -0.4 is 9.46 Å². The monoisotopic (exact) mass is 472 g/mol. The minimum atomic E-state index is -4.12. The lowest BCUT2D eigenvalue weighted by Gasteiger charge is -2.21. The molecule has 0 aliphatic carbocycles. The maximum atomic E-state index is 13.3. The number of hydrogen-bond donors (Lipinski definition) is 2. The molecule has 0 saturated carbocycles. The van der Waals surface area contributed by atoms with Gasteiger partial charge in [0.25, 0.3) is 10.0 Å². The second kappa shape index (κ2) is 9.99. The summed E-state index contributed by atoms with van der Waals surface area (Å²) >= 11 is 0. The number of anilines is 1. The van der Waals surface area contributed by atoms with Gasteiger partial charge in [0.1, 0.15) is 17.6 Å². The first kappa shape index (κ1) is 23.5. The Balaban J connectivity index is 1.88. The Hall–Kier alpha value is -3.14. The van der Waals surface area contributed by atoms with Crippen LogP contribution in [0.1, 0.15) is 0 Å². The normalized spacial score (nSPS) is 13.7. The summed E-state index contributed by atoms with van der Waals surface area (Å²) in [5, 5.41) is 8.94. The fourth-order valence-corrected chi connectivity index (χ4v) is 5.60. The summed E-state index contributed by atoms with van der Waals surface area (Å²) in [5.41, 5.74) is 0.0698. The third-order valence-electron chi connectivity index (χ3n) is 4.58. The van der Waals surface area contributed by atoms with Crippen molar-refractivity contribution in [2.75, 3.05) is 11.3 Å². The molecule has 1 radical (unpaired) electrons. The maximum absolute atomic E-state index is 13.3. The summed E-state index contributed by atoms with van der Waals surface area (Å²) in [4.78, 5) is -0.124. The molecule has 0 aliphatic heterocycles. The molecule has 0 aromatic heterocycles. The van der Waals surface area contributed by atoms with Gasteiger partial charge in [-0.25, -0.2) is 16.8 Å². The lowest BCUT2D eigenvalue weighted by atomic mass is 10.2. The highest BCUT2D eigenvalue weighted by molar-refractivity contribution is 7.93. The van der Waals surface area contributed by atoms with Crippen LogP contribution >= 0.6 is 0 Å². The van der Waals surface area contributed by atoms with Crippen LogP contribution in [0.3, 0.4) is 0 Å². The molecule has 32 heavy (non-hydrogen) atoms. The number of rotatable bonds is 10. The third kappa shape index (κ3) is 5.56. The zero-order chi connectivity index (χ0) is 23.2. The molecule has 0 aliphatic rings. The molecule has 0 spiro atoms. The van der Waals surface area contributed by atoms with E-state index in [2.05, 4.69) is 17.4 Å². The predicted octanol–water partition coefficient (Wildman–Crippen LogP) is 3.06. The third-order valence-corrected chi connectivity index (χ3v) is 8.10. The highest BCUT2D eigenvalue weighted by Gasteiger charge is 2.33. The summed E-state index contributed by atoms with van der Waals surface area (Å²) in [6.07, 6.45) is -0.289. The highest BCUT2D eigenvalue weighted by atomic mass is 32.2. The summed E-state index contributed by atoms with van der Waals surface area (Å²) in [6.45, 7) is 3.14. The predicted molar refractivity (Wildman–Crippen MR) is 122 cm³/mol. The Morgan fingerprint density at radius 2 is 1.72 bits per heavy atom. The van der Waals surface area contributed by atoms with Crippen molar-refractivity contribution < 1.29 is 26.7 Å². The molecule has 0 amide bonds. The highest BCUT2D eigenvalue weighted by Crippen LogP contribution is 2.25. The first-order valence-electron chi connectivity index (χ1n) is 9.55. The molecule has 0 unspecified atom stereocenters. The molecule has 2 atom stereocenters. The summed E-state index contributed by atoms with van der Waals surface area (Å²) in [5.74, 6) is 0.397. The molecule has 3 aromatic carbocycles. The van der Waals surface area contributed by atoms with Gasteiger partial charge in [0.15, 0.2) is 9.84 Å². The molecule has 7 nitrogen and oxygen atoms in total. The molecule has 0 fully saturated rings. The van der Waals surface area contributed by atoms with Gasteiger partial charge in [0, 0.05) is 0 Å². The van der Waals surface area contributed by atoms with Gasteiger partial charge in [-0.15, -0.1) is 6.58 Å². The van der Waals surface area contributed by atoms with Crippen molar-refractivity contribution in [2.24, 2.45) is 0 Å². The summed E-state index contributed by atoms with van der Waals surface area (Å²) in [6, 6.07) is 22.5. The zero-order valence-corrected chi connectivity index (χ0v) is 18.6. The van der Waals surface area contributed by atoms with Gasteiger partial charge < -0.3 is 9.84 Å². The van der Waals surface area contributed by atoms with Crippen LogP contribution in [-0.2, 0) is 19.9 Å². The van der Waals surface area contributed by atoms with Gasteiger partial charge in [-0.05, 0) is 48.5 Å². The number of aliphatic hydroxyl groups excluding tert-OH is 1. The Morgan fingerprint density at radius 1 is 1.00 bits per heavy atom. The number of aliphatic hydroxyl groups is 1. The standard InChI is InChI=1S/C23H22NO6S2/c1-2-22(25)23(17-30-19-11-5-3-6-12-19)31(26,27)21-15-9-10-18(16-21)24-32(28,29)20-13-7-4-8-14-20/h2-5,7-16,22-25H,1,17H2/t22-,23-/m1/s1. The average Bonchev–Trinajstić information content (AvgIpc) is 2.80. The minimum absolute atomic E-state index is 0.0429. The lowest BCUT2D eigenvalue weighted by Crippen LogP contribution is -2.38. The summed E-state index contributed by atoms with van der Waals surface area (Å²) in [7, 11) is -8.02. The molecule has 0 saturated heterocycles. The van der Waals surface area contributed by atoms with Gasteiger partial charge in [0.05, 0.1) is 21.6 Å². The van der Waals surface area contributed by atoms with Crippen molar-refractivity contribution in [3.63, 3.8) is 0 Å². The van der Waals surface area contributed by atoms with Crippen LogP contribution in [-0.4, -0.2) is 39.9 Å². The van der Waals surface area contributed by atoms with Crippen molar-refractivity contribution in [3.8, 4) is 5.75 Å². The van der Waals surface area contributed by atoms with E-state index in [1.54, 1.807) is 42.5 Å². The average molecular weight is 473 g/mol. The van der Waals surface area contributed by atoms with E-state index in [9.17, 15) is 21.9 Å². The molecular weight excluding hydrogens is 450 g/mol. The van der Waals surface area contributed by atoms with E-state index in [1.165, 1.54) is 36.4 Å².